The summed E-state index contributed by atoms with van der Waals surface area (Å²) in [6.45, 7) is 9.92. The van der Waals surface area contributed by atoms with Crippen molar-refractivity contribution >= 4 is 5.91 Å². The molecule has 0 aliphatic carbocycles. The van der Waals surface area contributed by atoms with Crippen molar-refractivity contribution in [2.75, 3.05) is 13.1 Å². The largest absolute Gasteiger partial charge is 0.352 e. The van der Waals surface area contributed by atoms with Gasteiger partial charge in [-0.05, 0) is 37.1 Å². The molecule has 3 heteroatoms. The van der Waals surface area contributed by atoms with Crippen molar-refractivity contribution in [2.45, 2.75) is 53.1 Å². The van der Waals surface area contributed by atoms with E-state index in [9.17, 15) is 4.79 Å². The van der Waals surface area contributed by atoms with Gasteiger partial charge in [-0.2, -0.15) is 0 Å². The Labute approximate surface area is 128 Å². The first-order valence-corrected chi connectivity index (χ1v) is 8.03. The Bertz CT molecular complexity index is 453. The number of nitrogens with one attached hydrogen (secondary N) is 1. The molecule has 1 saturated heterocycles. The molecular formula is C18H28N2O. The van der Waals surface area contributed by atoms with Gasteiger partial charge in [0.25, 0.3) is 0 Å². The zero-order chi connectivity index (χ0) is 15.3. The molecule has 1 fully saturated rings. The number of rotatable bonds is 4. The molecular weight excluding hydrogens is 260 g/mol. The molecule has 116 valence electrons. The summed E-state index contributed by atoms with van der Waals surface area (Å²) in [5, 5.41) is 2.99. The van der Waals surface area contributed by atoms with Crippen LogP contribution < -0.4 is 5.32 Å². The van der Waals surface area contributed by atoms with Crippen LogP contribution in [0.4, 0.5) is 0 Å². The fourth-order valence-electron chi connectivity index (χ4n) is 2.59. The van der Waals surface area contributed by atoms with Crippen molar-refractivity contribution in [3.63, 3.8) is 0 Å². The second kappa shape index (κ2) is 7.08. The van der Waals surface area contributed by atoms with Gasteiger partial charge in [0.1, 0.15) is 0 Å². The number of amides is 1. The van der Waals surface area contributed by atoms with Gasteiger partial charge < -0.3 is 5.32 Å². The second-order valence-electron chi connectivity index (χ2n) is 7.09. The number of likely N-dealkylation sites (tertiary alicyclic amines) is 1. The van der Waals surface area contributed by atoms with E-state index in [0.717, 1.165) is 12.1 Å². The smallest absolute Gasteiger partial charge is 0.225 e. The van der Waals surface area contributed by atoms with Crippen LogP contribution in [0, 0.1) is 5.41 Å². The van der Waals surface area contributed by atoms with Crippen molar-refractivity contribution in [3.05, 3.63) is 35.4 Å². The van der Waals surface area contributed by atoms with Gasteiger partial charge >= 0.3 is 0 Å². The van der Waals surface area contributed by atoms with Gasteiger partial charge in [0, 0.05) is 18.5 Å². The number of hydrogen-bond donors (Lipinski definition) is 1. The average Bonchev–Trinajstić information content (AvgIpc) is 2.46. The lowest BCUT2D eigenvalue weighted by atomic mass is 9.95. The van der Waals surface area contributed by atoms with Gasteiger partial charge in [0.05, 0.1) is 0 Å². The summed E-state index contributed by atoms with van der Waals surface area (Å²) in [6.07, 6.45) is 4.04. The predicted molar refractivity (Wildman–Crippen MR) is 86.9 cm³/mol. The van der Waals surface area contributed by atoms with Gasteiger partial charge in [-0.3, -0.25) is 9.69 Å². The number of piperidine rings is 1. The van der Waals surface area contributed by atoms with Gasteiger partial charge in [-0.15, -0.1) is 0 Å². The molecule has 1 aromatic carbocycles. The highest BCUT2D eigenvalue weighted by molar-refractivity contribution is 5.81. The van der Waals surface area contributed by atoms with Crippen LogP contribution in [0.3, 0.4) is 0 Å². The SMILES string of the molecule is CC(C)(C)C(=O)NCc1ccc(CN2CCCCC2)cc1. The number of carbonyl (C=O) groups excluding carboxylic acids is 1. The van der Waals surface area contributed by atoms with Crippen LogP contribution in [0.1, 0.15) is 51.2 Å². The number of carbonyl (C=O) groups is 1. The third-order valence-corrected chi connectivity index (χ3v) is 4.01. The maximum Gasteiger partial charge on any atom is 0.225 e. The predicted octanol–water partition coefficient (Wildman–Crippen LogP) is 3.33. The number of benzene rings is 1. The molecule has 0 radical (unpaired) electrons. The van der Waals surface area contributed by atoms with Crippen LogP contribution in [0.25, 0.3) is 0 Å². The molecule has 0 unspecified atom stereocenters. The average molecular weight is 288 g/mol. The lowest BCUT2D eigenvalue weighted by Gasteiger charge is -2.26. The summed E-state index contributed by atoms with van der Waals surface area (Å²) in [6, 6.07) is 8.63. The van der Waals surface area contributed by atoms with E-state index < -0.39 is 0 Å². The van der Waals surface area contributed by atoms with E-state index in [1.807, 2.05) is 20.8 Å². The topological polar surface area (TPSA) is 32.3 Å². The van der Waals surface area contributed by atoms with Crippen molar-refractivity contribution < 1.29 is 4.79 Å². The normalized spacial score (nSPS) is 16.7. The zero-order valence-electron chi connectivity index (χ0n) is 13.6. The molecule has 0 aromatic heterocycles. The highest BCUT2D eigenvalue weighted by Crippen LogP contribution is 2.15. The van der Waals surface area contributed by atoms with Gasteiger partial charge in [0.15, 0.2) is 0 Å². The fraction of sp³-hybridized carbons (Fsp3) is 0.611. The minimum atomic E-state index is -0.325. The highest BCUT2D eigenvalue weighted by atomic mass is 16.2. The molecule has 3 nitrogen and oxygen atoms in total. The summed E-state index contributed by atoms with van der Waals surface area (Å²) >= 11 is 0. The standard InChI is InChI=1S/C18H28N2O/c1-18(2,3)17(21)19-13-15-7-9-16(10-8-15)14-20-11-5-4-6-12-20/h7-10H,4-6,11-14H2,1-3H3,(H,19,21). The van der Waals surface area contributed by atoms with E-state index in [-0.39, 0.29) is 11.3 Å². The van der Waals surface area contributed by atoms with Crippen LogP contribution in [0.15, 0.2) is 24.3 Å². The van der Waals surface area contributed by atoms with Crippen LogP contribution in [-0.4, -0.2) is 23.9 Å². The van der Waals surface area contributed by atoms with Gasteiger partial charge in [-0.1, -0.05) is 51.5 Å². The molecule has 1 aliphatic heterocycles. The quantitative estimate of drug-likeness (QED) is 0.921. The maximum atomic E-state index is 11.8. The van der Waals surface area contributed by atoms with E-state index in [1.165, 1.54) is 37.9 Å². The highest BCUT2D eigenvalue weighted by Gasteiger charge is 2.20. The minimum absolute atomic E-state index is 0.0971. The lowest BCUT2D eigenvalue weighted by molar-refractivity contribution is -0.128. The van der Waals surface area contributed by atoms with E-state index in [1.54, 1.807) is 0 Å². The van der Waals surface area contributed by atoms with Crippen LogP contribution >= 0.6 is 0 Å². The summed E-state index contributed by atoms with van der Waals surface area (Å²) in [5.41, 5.74) is 2.20. The first-order valence-electron chi connectivity index (χ1n) is 8.03. The van der Waals surface area contributed by atoms with Crippen LogP contribution in [-0.2, 0) is 17.9 Å². The van der Waals surface area contributed by atoms with E-state index in [2.05, 4.69) is 34.5 Å². The molecule has 1 aliphatic rings. The second-order valence-corrected chi connectivity index (χ2v) is 7.09. The molecule has 1 aromatic rings. The number of hydrogen-bond acceptors (Lipinski definition) is 2. The third-order valence-electron chi connectivity index (χ3n) is 4.01. The summed E-state index contributed by atoms with van der Waals surface area (Å²) in [7, 11) is 0. The summed E-state index contributed by atoms with van der Waals surface area (Å²) < 4.78 is 0. The Kier molecular flexibility index (Phi) is 5.40. The monoisotopic (exact) mass is 288 g/mol. The fourth-order valence-corrected chi connectivity index (χ4v) is 2.59. The van der Waals surface area contributed by atoms with Crippen molar-refractivity contribution in [3.8, 4) is 0 Å². The number of nitrogens with zero attached hydrogens (tertiary/aromatic N) is 1. The van der Waals surface area contributed by atoms with Gasteiger partial charge in [0.2, 0.25) is 5.91 Å². The van der Waals surface area contributed by atoms with Crippen molar-refractivity contribution in [2.24, 2.45) is 5.41 Å². The zero-order valence-corrected chi connectivity index (χ0v) is 13.6. The molecule has 0 saturated carbocycles. The van der Waals surface area contributed by atoms with E-state index in [0.29, 0.717) is 6.54 Å². The van der Waals surface area contributed by atoms with E-state index in [4.69, 9.17) is 0 Å². The summed E-state index contributed by atoms with van der Waals surface area (Å²) in [4.78, 5) is 14.4. The van der Waals surface area contributed by atoms with Crippen LogP contribution in [0.2, 0.25) is 0 Å². The molecule has 1 amide bonds. The Hall–Kier alpha value is -1.35. The molecule has 0 spiro atoms. The molecule has 21 heavy (non-hydrogen) atoms. The first-order chi connectivity index (χ1) is 9.95. The molecule has 0 bridgehead atoms. The Morgan fingerprint density at radius 3 is 2.19 bits per heavy atom. The molecule has 1 N–H and O–H groups in total. The first kappa shape index (κ1) is 16.0. The Balaban J connectivity index is 1.82. The van der Waals surface area contributed by atoms with Gasteiger partial charge in [-0.25, -0.2) is 0 Å². The van der Waals surface area contributed by atoms with Crippen LogP contribution in [0.5, 0.6) is 0 Å². The Morgan fingerprint density at radius 1 is 1.05 bits per heavy atom. The lowest BCUT2D eigenvalue weighted by Crippen LogP contribution is -2.34. The molecule has 1 heterocycles. The van der Waals surface area contributed by atoms with Crippen molar-refractivity contribution in [1.29, 1.82) is 0 Å². The molecule has 2 rings (SSSR count). The van der Waals surface area contributed by atoms with Crippen molar-refractivity contribution in [1.82, 2.24) is 10.2 Å². The maximum absolute atomic E-state index is 11.8. The third kappa shape index (κ3) is 5.16. The van der Waals surface area contributed by atoms with E-state index >= 15 is 0 Å². The Morgan fingerprint density at radius 2 is 1.62 bits per heavy atom. The minimum Gasteiger partial charge on any atom is -0.352 e. The summed E-state index contributed by atoms with van der Waals surface area (Å²) in [5.74, 6) is 0.0971. The molecule has 0 atom stereocenters.